The summed E-state index contributed by atoms with van der Waals surface area (Å²) in [6, 6.07) is 5.99. The minimum absolute atomic E-state index is 0.0666. The molecule has 67 valence electrons. The van der Waals surface area contributed by atoms with E-state index in [1.54, 1.807) is 12.1 Å². The molecule has 0 amide bonds. The highest BCUT2D eigenvalue weighted by molar-refractivity contribution is 7.85. The van der Waals surface area contributed by atoms with Crippen LogP contribution in [0.15, 0.2) is 29.2 Å². The fourth-order valence-corrected chi connectivity index (χ4v) is 1.19. The maximum atomic E-state index is 10.5. The molecule has 7 radical (unpaired) electrons. The van der Waals surface area contributed by atoms with Crippen molar-refractivity contribution in [2.45, 2.75) is 16.9 Å². The molecule has 0 aliphatic carbocycles. The summed E-state index contributed by atoms with van der Waals surface area (Å²) in [5.41, 5.74) is 0.956. The van der Waals surface area contributed by atoms with Crippen LogP contribution in [0.4, 0.5) is 0 Å². The molecule has 1 rings (SSSR count). The van der Waals surface area contributed by atoms with Crippen LogP contribution in [0.25, 0.3) is 0 Å². The third-order valence-corrected chi connectivity index (χ3v) is 2.19. The van der Waals surface area contributed by atoms with E-state index in [2.05, 4.69) is 0 Å². The summed E-state index contributed by atoms with van der Waals surface area (Å²) in [5.74, 6) is 0. The summed E-state index contributed by atoms with van der Waals surface area (Å²) in [6.07, 6.45) is 0. The van der Waals surface area contributed by atoms with E-state index in [1.165, 1.54) is 12.1 Å². The largest absolute Gasteiger partial charge is 1.41 e. The van der Waals surface area contributed by atoms with Crippen LogP contribution >= 0.6 is 0 Å². The van der Waals surface area contributed by atoms with Gasteiger partial charge in [-0.1, -0.05) is 17.7 Å². The predicted octanol–water partition coefficient (Wildman–Crippen LogP) is 1.44. The molecule has 0 aliphatic heterocycles. The molecular weight excluding hydrogens is 200 g/mol. The Morgan fingerprint density at radius 3 is 1.85 bits per heavy atom. The lowest BCUT2D eigenvalue weighted by atomic mass is 10.2. The molecule has 1 aromatic carbocycles. The number of hydrogen-bond acceptors (Lipinski definition) is 2. The predicted molar refractivity (Wildman–Crippen MR) is 52.6 cm³/mol. The Kier molecular flexibility index (Phi) is 5.54. The molecule has 0 fully saturated rings. The van der Waals surface area contributed by atoms with Gasteiger partial charge in [0, 0.05) is 0 Å². The SMILES string of the molecule is Cc1ccc(S(=O)(=O)O)cc1.[CH3][Mg+2]. The summed E-state index contributed by atoms with van der Waals surface area (Å²) in [7, 11) is -4.02. The van der Waals surface area contributed by atoms with E-state index < -0.39 is 10.1 Å². The molecule has 1 N–H and O–H groups in total. The van der Waals surface area contributed by atoms with Crippen LogP contribution in [-0.2, 0) is 10.1 Å². The van der Waals surface area contributed by atoms with Crippen molar-refractivity contribution in [3.63, 3.8) is 0 Å². The number of aryl methyl sites for hydroxylation is 1. The van der Waals surface area contributed by atoms with E-state index in [9.17, 15) is 8.42 Å². The van der Waals surface area contributed by atoms with Crippen LogP contribution in [0.3, 0.4) is 0 Å². The van der Waals surface area contributed by atoms with Gasteiger partial charge in [0.15, 0.2) is 0 Å². The number of benzene rings is 1. The van der Waals surface area contributed by atoms with Gasteiger partial charge in [0.2, 0.25) is 0 Å². The van der Waals surface area contributed by atoms with E-state index in [1.807, 2.05) is 33.7 Å². The Labute approximate surface area is 91.3 Å². The summed E-state index contributed by atoms with van der Waals surface area (Å²) >= 11 is 1.86. The second-order valence-corrected chi connectivity index (χ2v) is 3.71. The molecule has 0 heterocycles. The van der Waals surface area contributed by atoms with Crippen molar-refractivity contribution in [3.8, 4) is 0 Å². The fraction of sp³-hybridized carbons (Fsp3) is 0.250. The van der Waals surface area contributed by atoms with E-state index in [-0.39, 0.29) is 4.90 Å². The smallest absolute Gasteiger partial charge is 0.282 e. The van der Waals surface area contributed by atoms with Crippen LogP contribution in [0.5, 0.6) is 0 Å². The number of hydrogen-bond donors (Lipinski definition) is 1. The molecule has 0 saturated heterocycles. The lowest BCUT2D eigenvalue weighted by molar-refractivity contribution is 0.483. The van der Waals surface area contributed by atoms with Gasteiger partial charge in [0.05, 0.1) is 4.90 Å². The molecule has 0 saturated carbocycles. The van der Waals surface area contributed by atoms with Crippen molar-refractivity contribution in [3.05, 3.63) is 29.8 Å². The van der Waals surface area contributed by atoms with E-state index >= 15 is 0 Å². The van der Waals surface area contributed by atoms with Gasteiger partial charge < -0.3 is 0 Å². The van der Waals surface area contributed by atoms with Crippen LogP contribution in [0.2, 0.25) is 5.05 Å². The summed E-state index contributed by atoms with van der Waals surface area (Å²) in [4.78, 5) is -0.0666. The van der Waals surface area contributed by atoms with Crippen molar-refractivity contribution in [2.75, 3.05) is 0 Å². The summed E-state index contributed by atoms with van der Waals surface area (Å²) in [6.45, 7) is 1.84. The first-order chi connectivity index (χ1) is 6.00. The van der Waals surface area contributed by atoms with Crippen molar-refractivity contribution in [1.82, 2.24) is 0 Å². The maximum absolute atomic E-state index is 10.5. The van der Waals surface area contributed by atoms with Gasteiger partial charge in [-0.2, -0.15) is 8.42 Å². The molecular formula is C8H11MgO3S+2. The molecule has 13 heavy (non-hydrogen) atoms. The third-order valence-electron chi connectivity index (χ3n) is 1.32. The Bertz CT molecular complexity index is 342. The monoisotopic (exact) mass is 211 g/mol. The normalized spacial score (nSPS) is 10.2. The highest BCUT2D eigenvalue weighted by Crippen LogP contribution is 2.08. The van der Waals surface area contributed by atoms with Crippen LogP contribution in [0.1, 0.15) is 5.56 Å². The van der Waals surface area contributed by atoms with Crippen LogP contribution < -0.4 is 0 Å². The minimum Gasteiger partial charge on any atom is -0.282 e. The molecule has 5 heteroatoms. The Hall–Kier alpha value is -0.104. The van der Waals surface area contributed by atoms with Crippen molar-refractivity contribution in [2.24, 2.45) is 0 Å². The van der Waals surface area contributed by atoms with Crippen LogP contribution in [-0.4, -0.2) is 34.7 Å². The molecule has 0 bridgehead atoms. The third kappa shape index (κ3) is 4.61. The van der Waals surface area contributed by atoms with Gasteiger partial charge in [-0.05, 0) is 19.1 Å². The van der Waals surface area contributed by atoms with E-state index in [0.717, 1.165) is 5.56 Å². The Morgan fingerprint density at radius 2 is 1.54 bits per heavy atom. The van der Waals surface area contributed by atoms with Gasteiger partial charge >= 0.3 is 21.7 Å². The topological polar surface area (TPSA) is 54.4 Å². The zero-order chi connectivity index (χ0) is 10.5. The summed E-state index contributed by atoms with van der Waals surface area (Å²) < 4.78 is 29.6. The Morgan fingerprint density at radius 1 is 1.15 bits per heavy atom. The molecule has 1 aromatic rings. The highest BCUT2D eigenvalue weighted by Gasteiger charge is 2.06. The minimum atomic E-state index is -4.02. The quantitative estimate of drug-likeness (QED) is 0.565. The second kappa shape index (κ2) is 5.59. The van der Waals surface area contributed by atoms with Crippen molar-refractivity contribution >= 4 is 31.8 Å². The highest BCUT2D eigenvalue weighted by atomic mass is 32.2. The standard InChI is InChI=1S/C7H8O3S.CH3.Mg/c1-6-2-4-7(5-3-6)11(8,9)10;;/h2-5H,1H3,(H,8,9,10);1H3;/q;;+2. The maximum Gasteiger partial charge on any atom is 1.41 e. The van der Waals surface area contributed by atoms with Gasteiger partial charge in [0.25, 0.3) is 15.2 Å². The van der Waals surface area contributed by atoms with Gasteiger partial charge in [-0.15, -0.1) is 0 Å². The molecule has 0 atom stereocenters. The first-order valence-electron chi connectivity index (χ1n) is 3.75. The zero-order valence-corrected chi connectivity index (χ0v) is 9.92. The molecule has 0 aliphatic rings. The first kappa shape index (κ1) is 12.9. The molecule has 0 unspecified atom stereocenters. The average molecular weight is 212 g/mol. The zero-order valence-electron chi connectivity index (χ0n) is 7.69. The van der Waals surface area contributed by atoms with E-state index in [4.69, 9.17) is 4.55 Å². The summed E-state index contributed by atoms with van der Waals surface area (Å²) in [5, 5.41) is 2.03. The van der Waals surface area contributed by atoms with Gasteiger partial charge in [0.1, 0.15) is 0 Å². The van der Waals surface area contributed by atoms with Crippen molar-refractivity contribution in [1.29, 1.82) is 0 Å². The second-order valence-electron chi connectivity index (χ2n) is 2.29. The van der Waals surface area contributed by atoms with Crippen LogP contribution in [0, 0.1) is 6.92 Å². The fourth-order valence-electron chi connectivity index (χ4n) is 0.710. The molecule has 3 nitrogen and oxygen atoms in total. The lowest BCUT2D eigenvalue weighted by Crippen LogP contribution is -1.96. The molecule has 0 aromatic heterocycles. The van der Waals surface area contributed by atoms with Gasteiger partial charge in [-0.3, -0.25) is 4.55 Å². The number of rotatable bonds is 1. The lowest BCUT2D eigenvalue weighted by Gasteiger charge is -1.95. The first-order valence-corrected chi connectivity index (χ1v) is 6.60. The van der Waals surface area contributed by atoms with E-state index in [0.29, 0.717) is 0 Å². The molecule has 0 spiro atoms. The average Bonchev–Trinajstić information content (AvgIpc) is 2.07. The Balaban J connectivity index is 0.000000671. The van der Waals surface area contributed by atoms with Gasteiger partial charge in [-0.25, -0.2) is 0 Å². The van der Waals surface area contributed by atoms with Crippen molar-refractivity contribution < 1.29 is 13.0 Å².